The topological polar surface area (TPSA) is 71.5 Å². The number of nitrogens with zero attached hydrogens (tertiary/aromatic N) is 1. The fraction of sp³-hybridized carbons (Fsp3) is 0.333. The molecular weight excluding hydrogens is 430 g/mol. The Labute approximate surface area is 184 Å². The summed E-state index contributed by atoms with van der Waals surface area (Å²) in [4.78, 5) is 0.211. The molecule has 3 aromatic carbocycles. The second kappa shape index (κ2) is 8.73. The average Bonchev–Trinajstić information content (AvgIpc) is 3.20. The molecule has 0 aromatic heterocycles. The fourth-order valence-corrected chi connectivity index (χ4v) is 8.18. The Morgan fingerprint density at radius 3 is 2.23 bits per heavy atom. The van der Waals surface area contributed by atoms with Crippen molar-refractivity contribution in [1.82, 2.24) is 4.31 Å². The lowest BCUT2D eigenvalue weighted by atomic mass is 10.0. The summed E-state index contributed by atoms with van der Waals surface area (Å²) in [7, 11) is -7.28. The Morgan fingerprint density at radius 1 is 0.839 bits per heavy atom. The Hall–Kier alpha value is -2.22. The first-order chi connectivity index (χ1) is 14.8. The van der Waals surface area contributed by atoms with Gasteiger partial charge in [-0.25, -0.2) is 16.8 Å². The van der Waals surface area contributed by atoms with Crippen molar-refractivity contribution in [3.63, 3.8) is 0 Å². The number of fused-ring (bicyclic) bond motifs is 1. The molecule has 1 aliphatic rings. The molecule has 31 heavy (non-hydrogen) atoms. The molecule has 1 fully saturated rings. The Balaban J connectivity index is 1.63. The SMILES string of the molecule is CCC[C@@H]1CN(S(=O)(=O)c2ccc3ccccc3c2)CC1S(=O)(=O)Cc1ccccc1. The van der Waals surface area contributed by atoms with Crippen LogP contribution in [0, 0.1) is 5.92 Å². The molecule has 2 atom stereocenters. The molecule has 1 saturated heterocycles. The van der Waals surface area contributed by atoms with Gasteiger partial charge in [-0.15, -0.1) is 0 Å². The molecule has 0 radical (unpaired) electrons. The van der Waals surface area contributed by atoms with Crippen molar-refractivity contribution < 1.29 is 16.8 Å². The molecule has 0 bridgehead atoms. The van der Waals surface area contributed by atoms with Crippen molar-refractivity contribution in [1.29, 1.82) is 0 Å². The van der Waals surface area contributed by atoms with Gasteiger partial charge in [-0.1, -0.05) is 74.0 Å². The summed E-state index contributed by atoms with van der Waals surface area (Å²) in [6.07, 6.45) is 1.49. The smallest absolute Gasteiger partial charge is 0.228 e. The predicted molar refractivity (Wildman–Crippen MR) is 124 cm³/mol. The van der Waals surface area contributed by atoms with E-state index in [0.29, 0.717) is 6.42 Å². The van der Waals surface area contributed by atoms with Gasteiger partial charge in [0.2, 0.25) is 10.0 Å². The van der Waals surface area contributed by atoms with Crippen molar-refractivity contribution in [2.75, 3.05) is 13.1 Å². The zero-order chi connectivity index (χ0) is 22.1. The summed E-state index contributed by atoms with van der Waals surface area (Å²) in [5.74, 6) is -0.267. The van der Waals surface area contributed by atoms with E-state index in [1.54, 1.807) is 30.3 Å². The van der Waals surface area contributed by atoms with Crippen LogP contribution in [0.5, 0.6) is 0 Å². The molecule has 0 N–H and O–H groups in total. The number of hydrogen-bond acceptors (Lipinski definition) is 4. The fourth-order valence-electron chi connectivity index (χ4n) is 4.44. The van der Waals surface area contributed by atoms with Crippen LogP contribution in [-0.2, 0) is 25.6 Å². The summed E-state index contributed by atoms with van der Waals surface area (Å²) in [5.41, 5.74) is 0.730. The maximum atomic E-state index is 13.4. The first-order valence-corrected chi connectivity index (χ1v) is 13.7. The van der Waals surface area contributed by atoms with Crippen LogP contribution in [0.3, 0.4) is 0 Å². The van der Waals surface area contributed by atoms with E-state index in [9.17, 15) is 16.8 Å². The first kappa shape index (κ1) is 22.0. The summed E-state index contributed by atoms with van der Waals surface area (Å²) in [6.45, 7) is 2.25. The summed E-state index contributed by atoms with van der Waals surface area (Å²) in [6, 6.07) is 21.8. The molecule has 7 heteroatoms. The second-order valence-corrected chi connectivity index (χ2v) is 12.4. The van der Waals surface area contributed by atoms with E-state index in [1.165, 1.54) is 4.31 Å². The number of sulfone groups is 1. The van der Waals surface area contributed by atoms with E-state index in [0.717, 1.165) is 22.8 Å². The van der Waals surface area contributed by atoms with Crippen LogP contribution in [0.1, 0.15) is 25.3 Å². The van der Waals surface area contributed by atoms with E-state index >= 15 is 0 Å². The third-order valence-electron chi connectivity index (χ3n) is 6.04. The largest absolute Gasteiger partial charge is 0.243 e. The van der Waals surface area contributed by atoms with Gasteiger partial charge in [-0.3, -0.25) is 0 Å². The van der Waals surface area contributed by atoms with E-state index in [4.69, 9.17) is 0 Å². The van der Waals surface area contributed by atoms with Crippen molar-refractivity contribution in [3.05, 3.63) is 78.4 Å². The van der Waals surface area contributed by atoms with Gasteiger partial charge < -0.3 is 0 Å². The van der Waals surface area contributed by atoms with Gasteiger partial charge in [-0.2, -0.15) is 4.31 Å². The minimum Gasteiger partial charge on any atom is -0.228 e. The second-order valence-electron chi connectivity index (χ2n) is 8.21. The van der Waals surface area contributed by atoms with Gasteiger partial charge in [0.1, 0.15) is 0 Å². The standard InChI is InChI=1S/C24H27NO4S2/c1-2-8-22-16-25(17-24(22)30(26,27)18-19-9-4-3-5-10-19)31(28,29)23-14-13-20-11-6-7-12-21(20)15-23/h3-7,9-15,22,24H,2,8,16-18H2,1H3/t22-,24?/m1/s1. The molecule has 3 aromatic rings. The average molecular weight is 458 g/mol. The van der Waals surface area contributed by atoms with Gasteiger partial charge in [0.25, 0.3) is 0 Å². The van der Waals surface area contributed by atoms with Crippen LogP contribution in [0.4, 0.5) is 0 Å². The van der Waals surface area contributed by atoms with Crippen LogP contribution in [0.25, 0.3) is 10.8 Å². The molecule has 1 unspecified atom stereocenters. The highest BCUT2D eigenvalue weighted by Gasteiger charge is 2.44. The van der Waals surface area contributed by atoms with Crippen LogP contribution in [-0.4, -0.2) is 39.5 Å². The van der Waals surface area contributed by atoms with Crippen LogP contribution in [0.15, 0.2) is 77.7 Å². The molecule has 0 amide bonds. The normalized spacial score (nSPS) is 20.3. The Kier molecular flexibility index (Phi) is 6.19. The van der Waals surface area contributed by atoms with Crippen LogP contribution >= 0.6 is 0 Å². The van der Waals surface area contributed by atoms with Gasteiger partial charge in [0.15, 0.2) is 9.84 Å². The van der Waals surface area contributed by atoms with E-state index in [-0.39, 0.29) is 29.7 Å². The lowest BCUT2D eigenvalue weighted by molar-refractivity contribution is 0.444. The quantitative estimate of drug-likeness (QED) is 0.532. The van der Waals surface area contributed by atoms with E-state index < -0.39 is 25.1 Å². The van der Waals surface area contributed by atoms with Gasteiger partial charge >= 0.3 is 0 Å². The van der Waals surface area contributed by atoms with Gasteiger partial charge in [-0.05, 0) is 40.8 Å². The molecule has 4 rings (SSSR count). The van der Waals surface area contributed by atoms with Crippen LogP contribution < -0.4 is 0 Å². The minimum atomic E-state index is -3.78. The number of rotatable bonds is 7. The Morgan fingerprint density at radius 2 is 1.52 bits per heavy atom. The zero-order valence-electron chi connectivity index (χ0n) is 17.5. The third-order valence-corrected chi connectivity index (χ3v) is 10.1. The molecule has 1 heterocycles. The molecule has 0 saturated carbocycles. The third kappa shape index (κ3) is 4.54. The molecular formula is C24H27NO4S2. The molecule has 0 aliphatic carbocycles. The maximum absolute atomic E-state index is 13.4. The number of benzene rings is 3. The van der Waals surface area contributed by atoms with E-state index in [1.807, 2.05) is 49.4 Å². The highest BCUT2D eigenvalue weighted by molar-refractivity contribution is 7.91. The highest BCUT2D eigenvalue weighted by atomic mass is 32.2. The minimum absolute atomic E-state index is 0.00892. The van der Waals surface area contributed by atoms with Crippen molar-refractivity contribution >= 4 is 30.6 Å². The van der Waals surface area contributed by atoms with Crippen LogP contribution in [0.2, 0.25) is 0 Å². The van der Waals surface area contributed by atoms with Crippen molar-refractivity contribution in [2.45, 2.75) is 35.7 Å². The molecule has 1 aliphatic heterocycles. The predicted octanol–water partition coefficient (Wildman–Crippen LogP) is 4.24. The molecule has 5 nitrogen and oxygen atoms in total. The number of hydrogen-bond donors (Lipinski definition) is 0. The lowest BCUT2D eigenvalue weighted by Crippen LogP contribution is -2.33. The Bertz CT molecular complexity index is 1270. The van der Waals surface area contributed by atoms with E-state index in [2.05, 4.69) is 0 Å². The summed E-state index contributed by atoms with van der Waals surface area (Å²) in [5, 5.41) is 1.12. The molecule has 164 valence electrons. The number of sulfonamides is 1. The van der Waals surface area contributed by atoms with Crippen molar-refractivity contribution in [3.8, 4) is 0 Å². The lowest BCUT2D eigenvalue weighted by Gasteiger charge is -2.18. The molecule has 0 spiro atoms. The van der Waals surface area contributed by atoms with Crippen molar-refractivity contribution in [2.24, 2.45) is 5.92 Å². The first-order valence-electron chi connectivity index (χ1n) is 10.6. The van der Waals surface area contributed by atoms with Gasteiger partial charge in [0.05, 0.1) is 15.9 Å². The maximum Gasteiger partial charge on any atom is 0.243 e. The summed E-state index contributed by atoms with van der Waals surface area (Å²) < 4.78 is 54.6. The summed E-state index contributed by atoms with van der Waals surface area (Å²) >= 11 is 0. The zero-order valence-corrected chi connectivity index (χ0v) is 19.1. The van der Waals surface area contributed by atoms with Gasteiger partial charge in [0, 0.05) is 13.1 Å². The highest BCUT2D eigenvalue weighted by Crippen LogP contribution is 2.33. The monoisotopic (exact) mass is 457 g/mol.